The van der Waals surface area contributed by atoms with Gasteiger partial charge in [0.15, 0.2) is 23.3 Å². The van der Waals surface area contributed by atoms with Gasteiger partial charge >= 0.3 is 0 Å². The fourth-order valence-electron chi connectivity index (χ4n) is 3.66. The van der Waals surface area contributed by atoms with Crippen molar-refractivity contribution in [3.8, 4) is 0 Å². The predicted molar refractivity (Wildman–Crippen MR) is 113 cm³/mol. The minimum absolute atomic E-state index is 0.0271. The highest BCUT2D eigenvalue weighted by Gasteiger charge is 2.34. The van der Waals surface area contributed by atoms with E-state index in [4.69, 9.17) is 0 Å². The van der Waals surface area contributed by atoms with E-state index in [0.717, 1.165) is 17.7 Å². The Hall–Kier alpha value is -3.63. The Morgan fingerprint density at radius 1 is 1.09 bits per heavy atom. The highest BCUT2D eigenvalue weighted by atomic mass is 19.2. The summed E-state index contributed by atoms with van der Waals surface area (Å²) in [5.74, 6) is -2.93. The number of fused-ring (bicyclic) bond motifs is 1. The molecule has 1 aliphatic heterocycles. The Balaban J connectivity index is 1.48. The van der Waals surface area contributed by atoms with Crippen LogP contribution in [0.25, 0.3) is 0 Å². The number of aryl methyl sites for hydroxylation is 1. The van der Waals surface area contributed by atoms with E-state index in [1.165, 1.54) is 4.68 Å². The summed E-state index contributed by atoms with van der Waals surface area (Å²) in [6.07, 6.45) is 3.31. The van der Waals surface area contributed by atoms with E-state index in [-0.39, 0.29) is 24.1 Å². The fraction of sp³-hybridized carbons (Fsp3) is 0.333. The van der Waals surface area contributed by atoms with Crippen LogP contribution in [0.5, 0.6) is 0 Å². The molecule has 11 heteroatoms. The number of rotatable bonds is 5. The van der Waals surface area contributed by atoms with Crippen LogP contribution in [0.1, 0.15) is 23.7 Å². The van der Waals surface area contributed by atoms with Crippen LogP contribution in [0, 0.1) is 24.4 Å². The topological polar surface area (TPSA) is 79.2 Å². The molecule has 3 heterocycles. The van der Waals surface area contributed by atoms with E-state index in [1.54, 1.807) is 24.3 Å². The smallest absolute Gasteiger partial charge is 0.249 e. The third kappa shape index (κ3) is 3.85. The number of nitrogens with one attached hydrogen (secondary N) is 1. The molecule has 0 fully saturated rings. The molecule has 0 unspecified atom stereocenters. The first-order valence-corrected chi connectivity index (χ1v) is 9.93. The van der Waals surface area contributed by atoms with Gasteiger partial charge in [0, 0.05) is 32.4 Å². The van der Waals surface area contributed by atoms with Crippen molar-refractivity contribution in [3.63, 3.8) is 0 Å². The van der Waals surface area contributed by atoms with E-state index in [0.29, 0.717) is 29.7 Å². The van der Waals surface area contributed by atoms with Crippen molar-refractivity contribution < 1.29 is 18.0 Å². The van der Waals surface area contributed by atoms with Crippen molar-refractivity contribution in [3.05, 3.63) is 58.8 Å². The highest BCUT2D eigenvalue weighted by Crippen LogP contribution is 2.35. The maximum absolute atomic E-state index is 13.4. The lowest BCUT2D eigenvalue weighted by Crippen LogP contribution is -2.49. The summed E-state index contributed by atoms with van der Waals surface area (Å²) in [4.78, 5) is 24.8. The van der Waals surface area contributed by atoms with E-state index < -0.39 is 17.5 Å². The number of amides is 1. The average Bonchev–Trinajstić information content (AvgIpc) is 3.19. The monoisotopic (exact) mass is 445 g/mol. The molecular formula is C21H22F3N7O. The third-order valence-corrected chi connectivity index (χ3v) is 5.50. The van der Waals surface area contributed by atoms with Crippen LogP contribution in [0.4, 0.5) is 30.6 Å². The number of hydrogen-bond acceptors (Lipinski definition) is 6. The molecule has 0 radical (unpaired) electrons. The maximum Gasteiger partial charge on any atom is 0.249 e. The molecular weight excluding hydrogens is 423 g/mol. The number of benzene rings is 1. The SMILES string of the molecule is Cc1nc(NCc2cnn(Cc3cc(F)c(F)c(F)c3)c2)nc2c1N(C)C(=O)[C@@H](C)N2C. The van der Waals surface area contributed by atoms with Crippen molar-refractivity contribution in [1.29, 1.82) is 0 Å². The lowest BCUT2D eigenvalue weighted by Gasteiger charge is -2.37. The normalized spacial score (nSPS) is 15.8. The summed E-state index contributed by atoms with van der Waals surface area (Å²) in [6, 6.07) is 1.55. The second-order valence-corrected chi connectivity index (χ2v) is 7.76. The Kier molecular flexibility index (Phi) is 5.49. The average molecular weight is 445 g/mol. The Morgan fingerprint density at radius 2 is 1.78 bits per heavy atom. The lowest BCUT2D eigenvalue weighted by atomic mass is 10.1. The maximum atomic E-state index is 13.4. The zero-order valence-corrected chi connectivity index (χ0v) is 18.0. The van der Waals surface area contributed by atoms with Crippen LogP contribution in [0.3, 0.4) is 0 Å². The molecule has 0 saturated heterocycles. The number of anilines is 3. The molecule has 3 aromatic rings. The van der Waals surface area contributed by atoms with Crippen LogP contribution < -0.4 is 15.1 Å². The number of nitrogens with zero attached hydrogens (tertiary/aromatic N) is 6. The van der Waals surface area contributed by atoms with Crippen LogP contribution in [0.2, 0.25) is 0 Å². The van der Waals surface area contributed by atoms with Crippen molar-refractivity contribution in [2.75, 3.05) is 29.2 Å². The molecule has 0 aliphatic carbocycles. The molecule has 0 spiro atoms. The summed E-state index contributed by atoms with van der Waals surface area (Å²) in [6.45, 7) is 4.09. The number of hydrogen-bond donors (Lipinski definition) is 1. The minimum atomic E-state index is -1.49. The van der Waals surface area contributed by atoms with Gasteiger partial charge in [-0.15, -0.1) is 0 Å². The van der Waals surface area contributed by atoms with Crippen LogP contribution in [0.15, 0.2) is 24.5 Å². The number of aromatic nitrogens is 4. The summed E-state index contributed by atoms with van der Waals surface area (Å²) in [7, 11) is 3.52. The van der Waals surface area contributed by atoms with Gasteiger partial charge in [-0.25, -0.2) is 18.2 Å². The molecule has 4 rings (SSSR count). The second kappa shape index (κ2) is 8.13. The molecule has 0 bridgehead atoms. The summed E-state index contributed by atoms with van der Waals surface area (Å²) >= 11 is 0. The molecule has 32 heavy (non-hydrogen) atoms. The molecule has 1 aromatic carbocycles. The van der Waals surface area contributed by atoms with Crippen molar-refractivity contribution in [2.45, 2.75) is 33.0 Å². The van der Waals surface area contributed by atoms with E-state index in [9.17, 15) is 18.0 Å². The van der Waals surface area contributed by atoms with Crippen molar-refractivity contribution in [2.24, 2.45) is 0 Å². The highest BCUT2D eigenvalue weighted by molar-refractivity contribution is 6.04. The summed E-state index contributed by atoms with van der Waals surface area (Å²) < 4.78 is 41.4. The van der Waals surface area contributed by atoms with Gasteiger partial charge in [0.1, 0.15) is 11.7 Å². The first-order chi connectivity index (χ1) is 15.2. The van der Waals surface area contributed by atoms with Gasteiger partial charge in [-0.1, -0.05) is 0 Å². The quantitative estimate of drug-likeness (QED) is 0.609. The van der Waals surface area contributed by atoms with E-state index in [1.807, 2.05) is 25.8 Å². The zero-order valence-electron chi connectivity index (χ0n) is 18.0. The zero-order chi connectivity index (χ0) is 23.2. The number of carbonyl (C=O) groups excluding carboxylic acids is 1. The Labute approximate surface area is 182 Å². The van der Waals surface area contributed by atoms with Gasteiger partial charge in [0.05, 0.1) is 18.4 Å². The van der Waals surface area contributed by atoms with Crippen LogP contribution in [-0.4, -0.2) is 45.8 Å². The number of carbonyl (C=O) groups is 1. The molecule has 2 aromatic heterocycles. The standard InChI is InChI=1S/C21H22F3N7O/c1-11-18-19(29(3)12(2)20(32)30(18)4)28-21(27-11)25-7-14-8-26-31(10-14)9-13-5-15(22)17(24)16(23)6-13/h5-6,8,10,12H,7,9H2,1-4H3,(H,25,27,28)/t12-/m1/s1. The summed E-state index contributed by atoms with van der Waals surface area (Å²) in [5, 5.41) is 7.32. The van der Waals surface area contributed by atoms with Gasteiger partial charge in [-0.2, -0.15) is 10.1 Å². The van der Waals surface area contributed by atoms with Crippen molar-refractivity contribution >= 4 is 23.4 Å². The molecule has 1 aliphatic rings. The van der Waals surface area contributed by atoms with Gasteiger partial charge in [0.25, 0.3) is 0 Å². The van der Waals surface area contributed by atoms with Crippen LogP contribution >= 0.6 is 0 Å². The molecule has 1 N–H and O–H groups in total. The minimum Gasteiger partial charge on any atom is -0.350 e. The molecule has 1 amide bonds. The largest absolute Gasteiger partial charge is 0.350 e. The molecule has 0 saturated carbocycles. The fourth-order valence-corrected chi connectivity index (χ4v) is 3.66. The van der Waals surface area contributed by atoms with Crippen molar-refractivity contribution in [1.82, 2.24) is 19.7 Å². The first kappa shape index (κ1) is 21.6. The van der Waals surface area contributed by atoms with Gasteiger partial charge in [-0.3, -0.25) is 9.48 Å². The van der Waals surface area contributed by atoms with Crippen LogP contribution in [-0.2, 0) is 17.9 Å². The van der Waals surface area contributed by atoms with E-state index in [2.05, 4.69) is 20.4 Å². The third-order valence-electron chi connectivity index (χ3n) is 5.50. The van der Waals surface area contributed by atoms with Gasteiger partial charge < -0.3 is 15.1 Å². The Bertz CT molecular complexity index is 1170. The summed E-state index contributed by atoms with van der Waals surface area (Å²) in [5.41, 5.74) is 2.39. The second-order valence-electron chi connectivity index (χ2n) is 7.76. The molecule has 168 valence electrons. The van der Waals surface area contributed by atoms with Gasteiger partial charge in [-0.05, 0) is 31.5 Å². The first-order valence-electron chi connectivity index (χ1n) is 9.93. The predicted octanol–water partition coefficient (Wildman–Crippen LogP) is 2.86. The Morgan fingerprint density at radius 3 is 2.47 bits per heavy atom. The number of halogens is 3. The van der Waals surface area contributed by atoms with E-state index >= 15 is 0 Å². The molecule has 1 atom stereocenters. The van der Waals surface area contributed by atoms with Gasteiger partial charge in [0.2, 0.25) is 11.9 Å². The molecule has 8 nitrogen and oxygen atoms in total. The lowest BCUT2D eigenvalue weighted by molar-refractivity contribution is -0.119. The number of likely N-dealkylation sites (N-methyl/N-ethyl adjacent to an activating group) is 2.